The van der Waals surface area contributed by atoms with Crippen molar-refractivity contribution in [3.05, 3.63) is 0 Å². The third-order valence-electron chi connectivity index (χ3n) is 3.34. The van der Waals surface area contributed by atoms with E-state index in [9.17, 15) is 18.0 Å². The quantitative estimate of drug-likeness (QED) is 0.694. The second-order valence-electron chi connectivity index (χ2n) is 4.80. The third-order valence-corrected chi connectivity index (χ3v) is 5.17. The summed E-state index contributed by atoms with van der Waals surface area (Å²) in [5, 5.41) is 11.3. The largest absolute Gasteiger partial charge is 0.481 e. The van der Waals surface area contributed by atoms with Crippen LogP contribution in [0.25, 0.3) is 0 Å². The number of sulfone groups is 1. The van der Waals surface area contributed by atoms with Gasteiger partial charge in [-0.15, -0.1) is 0 Å². The van der Waals surface area contributed by atoms with Gasteiger partial charge in [0.2, 0.25) is 5.91 Å². The average Bonchev–Trinajstić information content (AvgIpc) is 2.95. The number of amides is 1. The molecule has 1 heterocycles. The second-order valence-corrected chi connectivity index (χ2v) is 7.03. The topological polar surface area (TPSA) is 101 Å². The predicted molar refractivity (Wildman–Crippen MR) is 59.0 cm³/mol. The molecule has 3 atom stereocenters. The van der Waals surface area contributed by atoms with Gasteiger partial charge < -0.3 is 10.4 Å². The molecular formula is C10H15NO5S. The number of nitrogens with one attached hydrogen (secondary N) is 1. The van der Waals surface area contributed by atoms with Gasteiger partial charge in [-0.05, 0) is 18.8 Å². The van der Waals surface area contributed by atoms with E-state index in [2.05, 4.69) is 5.32 Å². The van der Waals surface area contributed by atoms with Crippen molar-refractivity contribution >= 4 is 21.7 Å². The average molecular weight is 261 g/mol. The Bertz CT molecular complexity index is 444. The number of carbonyl (C=O) groups excluding carboxylic acids is 1. The minimum Gasteiger partial charge on any atom is -0.481 e. The maximum Gasteiger partial charge on any atom is 0.307 e. The van der Waals surface area contributed by atoms with Crippen molar-refractivity contribution in [2.45, 2.75) is 12.8 Å². The first-order chi connectivity index (χ1) is 7.89. The fraction of sp³-hybridized carbons (Fsp3) is 0.800. The molecule has 0 bridgehead atoms. The van der Waals surface area contributed by atoms with Crippen LogP contribution in [-0.4, -0.2) is 43.5 Å². The molecule has 1 saturated heterocycles. The van der Waals surface area contributed by atoms with E-state index in [1.165, 1.54) is 0 Å². The molecule has 0 aromatic carbocycles. The number of hydrogen-bond acceptors (Lipinski definition) is 4. The Balaban J connectivity index is 1.73. The number of rotatable bonds is 4. The SMILES string of the molecule is O=C(O)[C@H]1C[C@H]1C(=O)NCC1CCS(=O)(=O)C1. The molecule has 1 aliphatic heterocycles. The number of hydrogen-bond donors (Lipinski definition) is 2. The van der Waals surface area contributed by atoms with Gasteiger partial charge in [-0.1, -0.05) is 0 Å². The Hall–Kier alpha value is -1.11. The number of carboxylic acid groups (broad SMARTS) is 1. The molecule has 96 valence electrons. The number of aliphatic carboxylic acids is 1. The summed E-state index contributed by atoms with van der Waals surface area (Å²) in [5.74, 6) is -1.89. The van der Waals surface area contributed by atoms with E-state index in [0.29, 0.717) is 19.4 Å². The van der Waals surface area contributed by atoms with Crippen molar-refractivity contribution in [3.8, 4) is 0 Å². The van der Waals surface area contributed by atoms with Crippen LogP contribution in [0.1, 0.15) is 12.8 Å². The lowest BCUT2D eigenvalue weighted by Crippen LogP contribution is -2.31. The summed E-state index contributed by atoms with van der Waals surface area (Å²) in [6, 6.07) is 0. The van der Waals surface area contributed by atoms with E-state index >= 15 is 0 Å². The number of carboxylic acids is 1. The molecule has 1 saturated carbocycles. The summed E-state index contributed by atoms with van der Waals surface area (Å²) in [5.41, 5.74) is 0. The molecule has 17 heavy (non-hydrogen) atoms. The molecule has 6 nitrogen and oxygen atoms in total. The summed E-state index contributed by atoms with van der Waals surface area (Å²) < 4.78 is 22.4. The molecule has 1 aliphatic carbocycles. The third kappa shape index (κ3) is 2.96. The van der Waals surface area contributed by atoms with Crippen LogP contribution in [0.4, 0.5) is 0 Å². The molecule has 2 fully saturated rings. The summed E-state index contributed by atoms with van der Waals surface area (Å²) in [6.45, 7) is 0.334. The normalized spacial score (nSPS) is 34.2. The Labute approximate surface area is 99.3 Å². The first kappa shape index (κ1) is 12.3. The van der Waals surface area contributed by atoms with Crippen molar-refractivity contribution in [3.63, 3.8) is 0 Å². The van der Waals surface area contributed by atoms with Crippen LogP contribution < -0.4 is 5.32 Å². The van der Waals surface area contributed by atoms with E-state index in [0.717, 1.165) is 0 Å². The van der Waals surface area contributed by atoms with Crippen molar-refractivity contribution in [1.82, 2.24) is 5.32 Å². The monoisotopic (exact) mass is 261 g/mol. The molecule has 7 heteroatoms. The summed E-state index contributed by atoms with van der Waals surface area (Å²) in [7, 11) is -2.92. The minimum atomic E-state index is -2.92. The number of carbonyl (C=O) groups is 2. The van der Waals surface area contributed by atoms with Gasteiger partial charge in [0.1, 0.15) is 0 Å². The van der Waals surface area contributed by atoms with Gasteiger partial charge in [0.25, 0.3) is 0 Å². The van der Waals surface area contributed by atoms with Crippen molar-refractivity contribution in [2.75, 3.05) is 18.1 Å². The zero-order chi connectivity index (χ0) is 12.6. The maximum absolute atomic E-state index is 11.5. The van der Waals surface area contributed by atoms with Crippen molar-refractivity contribution < 1.29 is 23.1 Å². The van der Waals surface area contributed by atoms with Gasteiger partial charge in [-0.2, -0.15) is 0 Å². The highest BCUT2D eigenvalue weighted by Gasteiger charge is 2.48. The van der Waals surface area contributed by atoms with Crippen LogP contribution in [0.5, 0.6) is 0 Å². The van der Waals surface area contributed by atoms with Crippen LogP contribution in [0.15, 0.2) is 0 Å². The smallest absolute Gasteiger partial charge is 0.307 e. The molecule has 0 radical (unpaired) electrons. The van der Waals surface area contributed by atoms with E-state index in [1.54, 1.807) is 0 Å². The molecule has 0 aromatic heterocycles. The van der Waals surface area contributed by atoms with E-state index < -0.39 is 27.6 Å². The zero-order valence-electron chi connectivity index (χ0n) is 9.26. The first-order valence-electron chi connectivity index (χ1n) is 5.60. The van der Waals surface area contributed by atoms with E-state index in [-0.39, 0.29) is 23.3 Å². The second kappa shape index (κ2) is 4.29. The minimum absolute atomic E-state index is 0.0222. The fourth-order valence-corrected chi connectivity index (χ4v) is 4.03. The Morgan fingerprint density at radius 1 is 1.29 bits per heavy atom. The highest BCUT2D eigenvalue weighted by Crippen LogP contribution is 2.38. The van der Waals surface area contributed by atoms with Crippen LogP contribution >= 0.6 is 0 Å². The molecule has 1 unspecified atom stereocenters. The van der Waals surface area contributed by atoms with Crippen LogP contribution in [0.2, 0.25) is 0 Å². The molecule has 1 amide bonds. The van der Waals surface area contributed by atoms with Crippen molar-refractivity contribution in [1.29, 1.82) is 0 Å². The molecule has 2 N–H and O–H groups in total. The standard InChI is InChI=1S/C10H15NO5S/c12-9(7-3-8(7)10(13)14)11-4-6-1-2-17(15,16)5-6/h6-8H,1-5H2,(H,11,12)(H,13,14)/t6?,7-,8+/m1/s1. The summed E-state index contributed by atoms with van der Waals surface area (Å²) in [6.07, 6.45) is 0.972. The summed E-state index contributed by atoms with van der Waals surface area (Å²) in [4.78, 5) is 22.1. The fourth-order valence-electron chi connectivity index (χ4n) is 2.17. The predicted octanol–water partition coefficient (Wildman–Crippen LogP) is -0.742. The Kier molecular flexibility index (Phi) is 3.11. The Morgan fingerprint density at radius 2 is 2.00 bits per heavy atom. The van der Waals surface area contributed by atoms with Crippen molar-refractivity contribution in [2.24, 2.45) is 17.8 Å². The molecule has 2 aliphatic rings. The molecular weight excluding hydrogens is 246 g/mol. The van der Waals surface area contributed by atoms with E-state index in [4.69, 9.17) is 5.11 Å². The molecule has 0 aromatic rings. The lowest BCUT2D eigenvalue weighted by Gasteiger charge is -2.08. The lowest BCUT2D eigenvalue weighted by atomic mass is 10.1. The van der Waals surface area contributed by atoms with Gasteiger partial charge in [-0.3, -0.25) is 9.59 Å². The first-order valence-corrected chi connectivity index (χ1v) is 7.42. The van der Waals surface area contributed by atoms with Gasteiger partial charge in [0.15, 0.2) is 9.84 Å². The molecule has 0 spiro atoms. The maximum atomic E-state index is 11.5. The highest BCUT2D eigenvalue weighted by atomic mass is 32.2. The zero-order valence-corrected chi connectivity index (χ0v) is 10.1. The molecule has 2 rings (SSSR count). The Morgan fingerprint density at radius 3 is 2.47 bits per heavy atom. The highest BCUT2D eigenvalue weighted by molar-refractivity contribution is 7.91. The van der Waals surface area contributed by atoms with Crippen LogP contribution in [0, 0.1) is 17.8 Å². The summed E-state index contributed by atoms with van der Waals surface area (Å²) >= 11 is 0. The van der Waals surface area contributed by atoms with Crippen LogP contribution in [0.3, 0.4) is 0 Å². The van der Waals surface area contributed by atoms with Gasteiger partial charge in [0.05, 0.1) is 23.3 Å². The van der Waals surface area contributed by atoms with Gasteiger partial charge >= 0.3 is 5.97 Å². The van der Waals surface area contributed by atoms with E-state index in [1.807, 2.05) is 0 Å². The van der Waals surface area contributed by atoms with Gasteiger partial charge in [-0.25, -0.2) is 8.42 Å². The van der Waals surface area contributed by atoms with Gasteiger partial charge in [0, 0.05) is 6.54 Å². The van der Waals surface area contributed by atoms with Crippen LogP contribution in [-0.2, 0) is 19.4 Å². The lowest BCUT2D eigenvalue weighted by molar-refractivity contribution is -0.140.